The molecule has 3 rings (SSSR count). The predicted octanol–water partition coefficient (Wildman–Crippen LogP) is 7.01. The smallest absolute Gasteiger partial charge is 0.254 e. The van der Waals surface area contributed by atoms with E-state index in [0.29, 0.717) is 31.2 Å². The van der Waals surface area contributed by atoms with Crippen molar-refractivity contribution < 1.29 is 14.3 Å². The molecule has 0 spiro atoms. The van der Waals surface area contributed by atoms with E-state index in [9.17, 15) is 4.79 Å². The summed E-state index contributed by atoms with van der Waals surface area (Å²) in [7, 11) is 1.64. The minimum Gasteiger partial charge on any atom is -0.493 e. The van der Waals surface area contributed by atoms with Crippen molar-refractivity contribution in [1.82, 2.24) is 4.90 Å². The molecule has 0 atom stereocenters. The first kappa shape index (κ1) is 25.4. The van der Waals surface area contributed by atoms with Crippen molar-refractivity contribution in [2.75, 3.05) is 13.7 Å². The monoisotopic (exact) mass is 459 g/mol. The highest BCUT2D eigenvalue weighted by molar-refractivity contribution is 5.94. The maximum absolute atomic E-state index is 13.4. The van der Waals surface area contributed by atoms with Crippen molar-refractivity contribution in [1.29, 1.82) is 0 Å². The molecule has 4 nitrogen and oxygen atoms in total. The Labute approximate surface area is 204 Å². The van der Waals surface area contributed by atoms with Gasteiger partial charge >= 0.3 is 0 Å². The molecule has 180 valence electrons. The molecule has 0 saturated carbocycles. The van der Waals surface area contributed by atoms with Crippen LogP contribution in [0, 0.1) is 0 Å². The summed E-state index contributed by atoms with van der Waals surface area (Å²) in [5.41, 5.74) is 4.12. The van der Waals surface area contributed by atoms with Gasteiger partial charge < -0.3 is 14.4 Å². The van der Waals surface area contributed by atoms with Crippen LogP contribution >= 0.6 is 0 Å². The Balaban J connectivity index is 1.75. The third-order valence-electron chi connectivity index (χ3n) is 5.91. The van der Waals surface area contributed by atoms with E-state index in [4.69, 9.17) is 9.47 Å². The second-order valence-electron chi connectivity index (χ2n) is 9.67. The zero-order valence-electron chi connectivity index (χ0n) is 21.1. The predicted molar refractivity (Wildman–Crippen MR) is 139 cm³/mol. The van der Waals surface area contributed by atoms with E-state index in [1.165, 1.54) is 5.56 Å². The zero-order chi connectivity index (χ0) is 24.6. The number of rotatable bonds is 10. The molecule has 4 heteroatoms. The lowest BCUT2D eigenvalue weighted by atomic mass is 9.86. The van der Waals surface area contributed by atoms with Gasteiger partial charge in [-0.25, -0.2) is 0 Å². The molecule has 0 N–H and O–H groups in total. The zero-order valence-corrected chi connectivity index (χ0v) is 21.1. The summed E-state index contributed by atoms with van der Waals surface area (Å²) in [6.07, 6.45) is 1.99. The van der Waals surface area contributed by atoms with Gasteiger partial charge in [0.2, 0.25) is 0 Å². The second-order valence-corrected chi connectivity index (χ2v) is 9.67. The number of ether oxygens (including phenoxy) is 2. The van der Waals surface area contributed by atoms with Gasteiger partial charge in [0.05, 0.1) is 7.11 Å². The SMILES string of the molecule is CCCCN(Cc1ccc(OCc2ccccc2)c(OC)c1)C(=O)c1ccc(C(C)(C)C)cc1. The fourth-order valence-corrected chi connectivity index (χ4v) is 3.78. The number of carbonyl (C=O) groups excluding carboxylic acids is 1. The summed E-state index contributed by atoms with van der Waals surface area (Å²) in [6, 6.07) is 24.0. The van der Waals surface area contributed by atoms with Crippen molar-refractivity contribution in [3.8, 4) is 11.5 Å². The average Bonchev–Trinajstić information content (AvgIpc) is 2.85. The van der Waals surface area contributed by atoms with E-state index in [2.05, 4.69) is 39.8 Å². The summed E-state index contributed by atoms with van der Waals surface area (Å²) in [4.78, 5) is 15.3. The molecule has 0 unspecified atom stereocenters. The van der Waals surface area contributed by atoms with Crippen molar-refractivity contribution >= 4 is 5.91 Å². The molecule has 0 heterocycles. The van der Waals surface area contributed by atoms with E-state index in [1.54, 1.807) is 7.11 Å². The van der Waals surface area contributed by atoms with Gasteiger partial charge in [0.15, 0.2) is 11.5 Å². The van der Waals surface area contributed by atoms with Gasteiger partial charge in [0, 0.05) is 18.7 Å². The lowest BCUT2D eigenvalue weighted by molar-refractivity contribution is 0.0740. The van der Waals surface area contributed by atoms with E-state index >= 15 is 0 Å². The first-order chi connectivity index (χ1) is 16.3. The number of hydrogen-bond donors (Lipinski definition) is 0. The Morgan fingerprint density at radius 3 is 2.21 bits per heavy atom. The molecule has 3 aromatic carbocycles. The topological polar surface area (TPSA) is 38.8 Å². The van der Waals surface area contributed by atoms with Gasteiger partial charge in [-0.2, -0.15) is 0 Å². The Bertz CT molecular complexity index is 1050. The van der Waals surface area contributed by atoms with E-state index < -0.39 is 0 Å². The number of hydrogen-bond acceptors (Lipinski definition) is 3. The van der Waals surface area contributed by atoms with Crippen LogP contribution in [-0.2, 0) is 18.6 Å². The van der Waals surface area contributed by atoms with E-state index in [0.717, 1.165) is 29.5 Å². The maximum atomic E-state index is 13.4. The first-order valence-corrected chi connectivity index (χ1v) is 12.0. The molecular formula is C30H37NO3. The first-order valence-electron chi connectivity index (χ1n) is 12.0. The number of amides is 1. The summed E-state index contributed by atoms with van der Waals surface area (Å²) in [6.45, 7) is 10.4. The van der Waals surface area contributed by atoms with E-state index in [1.807, 2.05) is 65.6 Å². The highest BCUT2D eigenvalue weighted by Crippen LogP contribution is 2.30. The largest absolute Gasteiger partial charge is 0.493 e. The van der Waals surface area contributed by atoms with Crippen LogP contribution in [0.1, 0.15) is 67.6 Å². The van der Waals surface area contributed by atoms with Gasteiger partial charge in [-0.15, -0.1) is 0 Å². The molecule has 3 aromatic rings. The third-order valence-corrected chi connectivity index (χ3v) is 5.91. The van der Waals surface area contributed by atoms with Gasteiger partial charge in [-0.05, 0) is 52.8 Å². The fourth-order valence-electron chi connectivity index (χ4n) is 3.78. The second kappa shape index (κ2) is 11.7. The summed E-state index contributed by atoms with van der Waals surface area (Å²) < 4.78 is 11.6. The average molecular weight is 460 g/mol. The van der Waals surface area contributed by atoms with E-state index in [-0.39, 0.29) is 11.3 Å². The Morgan fingerprint density at radius 2 is 1.59 bits per heavy atom. The van der Waals surface area contributed by atoms with Crippen molar-refractivity contribution in [3.63, 3.8) is 0 Å². The van der Waals surface area contributed by atoms with Crippen LogP contribution in [0.5, 0.6) is 11.5 Å². The van der Waals surface area contributed by atoms with Crippen LogP contribution in [0.2, 0.25) is 0 Å². The van der Waals surface area contributed by atoms with Crippen molar-refractivity contribution in [2.45, 2.75) is 59.1 Å². The highest BCUT2D eigenvalue weighted by atomic mass is 16.5. The molecule has 0 aliphatic heterocycles. The molecule has 0 aliphatic rings. The summed E-state index contributed by atoms with van der Waals surface area (Å²) in [5, 5.41) is 0. The van der Waals surface area contributed by atoms with Crippen molar-refractivity contribution in [3.05, 3.63) is 95.1 Å². The Kier molecular flexibility index (Phi) is 8.75. The quantitative estimate of drug-likeness (QED) is 0.327. The number of carbonyl (C=O) groups is 1. The lowest BCUT2D eigenvalue weighted by Crippen LogP contribution is -2.31. The van der Waals surface area contributed by atoms with Crippen LogP contribution < -0.4 is 9.47 Å². The highest BCUT2D eigenvalue weighted by Gasteiger charge is 2.19. The molecule has 0 fully saturated rings. The number of unbranched alkanes of at least 4 members (excludes halogenated alkanes) is 1. The van der Waals surface area contributed by atoms with Gasteiger partial charge in [-0.3, -0.25) is 4.79 Å². The molecule has 0 aromatic heterocycles. The van der Waals surface area contributed by atoms with Gasteiger partial charge in [0.1, 0.15) is 6.61 Å². The summed E-state index contributed by atoms with van der Waals surface area (Å²) >= 11 is 0. The number of methoxy groups -OCH3 is 1. The normalized spacial score (nSPS) is 11.2. The third kappa shape index (κ3) is 6.86. The number of benzene rings is 3. The summed E-state index contributed by atoms with van der Waals surface area (Å²) in [5.74, 6) is 1.42. The lowest BCUT2D eigenvalue weighted by Gasteiger charge is -2.24. The molecule has 0 bridgehead atoms. The van der Waals surface area contributed by atoms with Crippen LogP contribution in [0.3, 0.4) is 0 Å². The van der Waals surface area contributed by atoms with Crippen LogP contribution in [-0.4, -0.2) is 24.5 Å². The minimum atomic E-state index is 0.0530. The molecule has 0 radical (unpaired) electrons. The maximum Gasteiger partial charge on any atom is 0.254 e. The molecule has 34 heavy (non-hydrogen) atoms. The molecule has 1 amide bonds. The fraction of sp³-hybridized carbons (Fsp3) is 0.367. The van der Waals surface area contributed by atoms with Crippen LogP contribution in [0.25, 0.3) is 0 Å². The number of nitrogens with zero attached hydrogens (tertiary/aromatic N) is 1. The minimum absolute atomic E-state index is 0.0530. The Hall–Kier alpha value is -3.27. The van der Waals surface area contributed by atoms with Gasteiger partial charge in [0.25, 0.3) is 5.91 Å². The van der Waals surface area contributed by atoms with Gasteiger partial charge in [-0.1, -0.05) is 82.6 Å². The van der Waals surface area contributed by atoms with Crippen LogP contribution in [0.4, 0.5) is 0 Å². The molecular weight excluding hydrogens is 422 g/mol. The molecule has 0 aliphatic carbocycles. The standard InChI is InChI=1S/C30H37NO3/c1-6-7-19-31(29(32)25-14-16-26(17-15-25)30(2,3)4)21-24-13-18-27(28(20-24)33-5)34-22-23-11-9-8-10-12-23/h8-18,20H,6-7,19,21-22H2,1-5H3. The van der Waals surface area contributed by atoms with Crippen molar-refractivity contribution in [2.24, 2.45) is 0 Å². The molecule has 0 saturated heterocycles. The van der Waals surface area contributed by atoms with Crippen LogP contribution in [0.15, 0.2) is 72.8 Å². The Morgan fingerprint density at radius 1 is 0.882 bits per heavy atom.